The fraction of sp³-hybridized carbons (Fsp3) is 0.400. The molecule has 0 bridgehead atoms. The van der Waals surface area contributed by atoms with E-state index in [2.05, 4.69) is 0 Å². The molecule has 1 heterocycles. The van der Waals surface area contributed by atoms with Crippen molar-refractivity contribution in [2.75, 3.05) is 34.9 Å². The minimum Gasteiger partial charge on any atom is -0.497 e. The molecule has 2 aromatic rings. The first kappa shape index (κ1) is 22.6. The van der Waals surface area contributed by atoms with E-state index < -0.39 is 0 Å². The van der Waals surface area contributed by atoms with Crippen LogP contribution in [0.25, 0.3) is 0 Å². The third kappa shape index (κ3) is 4.79. The molecule has 4 rings (SSSR count). The highest BCUT2D eigenvalue weighted by atomic mass is 16.5. The Balaban J connectivity index is 1.64. The second kappa shape index (κ2) is 9.52. The van der Waals surface area contributed by atoms with Crippen LogP contribution in [0.1, 0.15) is 36.4 Å². The van der Waals surface area contributed by atoms with Gasteiger partial charge in [-0.2, -0.15) is 5.10 Å². The summed E-state index contributed by atoms with van der Waals surface area (Å²) < 4.78 is 16.1. The van der Waals surface area contributed by atoms with Crippen LogP contribution in [0.2, 0.25) is 0 Å². The number of carbonyl (C=O) groups excluding carboxylic acids is 2. The van der Waals surface area contributed by atoms with Crippen molar-refractivity contribution in [2.24, 2.45) is 11.0 Å². The predicted molar refractivity (Wildman–Crippen MR) is 124 cm³/mol. The number of ether oxygens (including phenoxy) is 3. The lowest BCUT2D eigenvalue weighted by molar-refractivity contribution is -0.141. The van der Waals surface area contributed by atoms with E-state index in [1.54, 1.807) is 34.4 Å². The quantitative estimate of drug-likeness (QED) is 0.616. The maximum absolute atomic E-state index is 13.3. The fourth-order valence-electron chi connectivity index (χ4n) is 4.02. The molecule has 0 spiro atoms. The number of rotatable bonds is 8. The molecule has 8 nitrogen and oxygen atoms in total. The number of hydrogen-bond donors (Lipinski definition) is 0. The smallest absolute Gasteiger partial charge is 0.262 e. The van der Waals surface area contributed by atoms with Gasteiger partial charge in [-0.05, 0) is 42.7 Å². The highest BCUT2D eigenvalue weighted by Crippen LogP contribution is 2.37. The number of hydrogen-bond acceptors (Lipinski definition) is 6. The van der Waals surface area contributed by atoms with Crippen molar-refractivity contribution >= 4 is 17.5 Å². The van der Waals surface area contributed by atoms with E-state index in [4.69, 9.17) is 19.3 Å². The summed E-state index contributed by atoms with van der Waals surface area (Å²) in [6.45, 7) is -0.0154. The van der Waals surface area contributed by atoms with Crippen LogP contribution in [-0.2, 0) is 9.59 Å². The zero-order valence-corrected chi connectivity index (χ0v) is 19.4. The monoisotopic (exact) mass is 451 g/mol. The summed E-state index contributed by atoms with van der Waals surface area (Å²) in [6.07, 6.45) is 2.31. The van der Waals surface area contributed by atoms with E-state index in [9.17, 15) is 9.59 Å². The molecule has 33 heavy (non-hydrogen) atoms. The Bertz CT molecular complexity index is 1060. The molecule has 1 aliphatic carbocycles. The molecule has 1 unspecified atom stereocenters. The lowest BCUT2D eigenvalue weighted by atomic mass is 9.97. The Labute approximate surface area is 193 Å². The van der Waals surface area contributed by atoms with Gasteiger partial charge in [-0.3, -0.25) is 9.59 Å². The van der Waals surface area contributed by atoms with Crippen molar-refractivity contribution in [2.45, 2.75) is 25.3 Å². The van der Waals surface area contributed by atoms with E-state index in [0.29, 0.717) is 17.9 Å². The average molecular weight is 452 g/mol. The second-order valence-corrected chi connectivity index (χ2v) is 8.31. The van der Waals surface area contributed by atoms with Crippen molar-refractivity contribution in [3.63, 3.8) is 0 Å². The first-order valence-corrected chi connectivity index (χ1v) is 11.0. The number of benzene rings is 2. The number of nitrogens with zero attached hydrogens (tertiary/aromatic N) is 3. The van der Waals surface area contributed by atoms with Crippen LogP contribution >= 0.6 is 0 Å². The van der Waals surface area contributed by atoms with Gasteiger partial charge in [0.15, 0.2) is 0 Å². The minimum atomic E-state index is -0.297. The summed E-state index contributed by atoms with van der Waals surface area (Å²) >= 11 is 0. The van der Waals surface area contributed by atoms with Gasteiger partial charge in [-0.15, -0.1) is 0 Å². The van der Waals surface area contributed by atoms with Gasteiger partial charge in [-0.1, -0.05) is 12.1 Å². The molecule has 0 N–H and O–H groups in total. The second-order valence-electron chi connectivity index (χ2n) is 8.31. The van der Waals surface area contributed by atoms with Crippen molar-refractivity contribution in [3.8, 4) is 17.2 Å². The third-order valence-electron chi connectivity index (χ3n) is 6.06. The maximum Gasteiger partial charge on any atom is 0.262 e. The number of amides is 2. The number of hydrazone groups is 1. The topological polar surface area (TPSA) is 80.7 Å². The van der Waals surface area contributed by atoms with Gasteiger partial charge < -0.3 is 19.1 Å². The van der Waals surface area contributed by atoms with Crippen LogP contribution in [-0.4, -0.2) is 62.4 Å². The molecular weight excluding hydrogens is 422 g/mol. The van der Waals surface area contributed by atoms with Crippen molar-refractivity contribution in [3.05, 3.63) is 53.6 Å². The van der Waals surface area contributed by atoms with Gasteiger partial charge in [-0.25, -0.2) is 5.01 Å². The maximum atomic E-state index is 13.3. The molecule has 174 valence electrons. The summed E-state index contributed by atoms with van der Waals surface area (Å²) in [5.74, 6) is 1.88. The van der Waals surface area contributed by atoms with Gasteiger partial charge in [0.05, 0.1) is 33.1 Å². The summed E-state index contributed by atoms with van der Waals surface area (Å²) in [5, 5.41) is 6.20. The summed E-state index contributed by atoms with van der Waals surface area (Å²) in [5.41, 5.74) is 2.47. The van der Waals surface area contributed by atoms with Crippen molar-refractivity contribution in [1.29, 1.82) is 0 Å². The van der Waals surface area contributed by atoms with E-state index in [1.165, 1.54) is 9.91 Å². The summed E-state index contributed by atoms with van der Waals surface area (Å²) in [4.78, 5) is 27.2. The Kier molecular flexibility index (Phi) is 6.53. The molecular formula is C25H29N3O5. The van der Waals surface area contributed by atoms with Crippen LogP contribution < -0.4 is 14.2 Å². The molecule has 0 radical (unpaired) electrons. The Morgan fingerprint density at radius 3 is 2.27 bits per heavy atom. The molecule has 2 aliphatic rings. The molecule has 1 fully saturated rings. The molecule has 0 aromatic heterocycles. The molecule has 1 aliphatic heterocycles. The minimum absolute atomic E-state index is 0.0154. The molecule has 1 atom stereocenters. The van der Waals surface area contributed by atoms with Crippen molar-refractivity contribution < 1.29 is 23.8 Å². The summed E-state index contributed by atoms with van der Waals surface area (Å²) in [6, 6.07) is 12.8. The lowest BCUT2D eigenvalue weighted by Crippen LogP contribution is -2.39. The van der Waals surface area contributed by atoms with Crippen LogP contribution in [0.15, 0.2) is 47.6 Å². The number of carbonyl (C=O) groups is 2. The molecule has 1 saturated carbocycles. The third-order valence-corrected chi connectivity index (χ3v) is 6.06. The highest BCUT2D eigenvalue weighted by Gasteiger charge is 2.37. The predicted octanol–water partition coefficient (Wildman–Crippen LogP) is 3.26. The zero-order valence-electron chi connectivity index (χ0n) is 19.4. The first-order valence-electron chi connectivity index (χ1n) is 11.0. The molecule has 2 aromatic carbocycles. The zero-order chi connectivity index (χ0) is 23.5. The Hall–Kier alpha value is -3.55. The Morgan fingerprint density at radius 1 is 1.00 bits per heavy atom. The lowest BCUT2D eigenvalue weighted by Gasteiger charge is -2.25. The van der Waals surface area contributed by atoms with E-state index in [1.807, 2.05) is 36.4 Å². The van der Waals surface area contributed by atoms with Gasteiger partial charge in [0.1, 0.15) is 23.8 Å². The fourth-order valence-corrected chi connectivity index (χ4v) is 4.02. The number of likely N-dealkylation sites (N-methyl/N-ethyl adjacent to an activating group) is 1. The van der Waals surface area contributed by atoms with Crippen LogP contribution in [0, 0.1) is 5.92 Å². The highest BCUT2D eigenvalue weighted by molar-refractivity contribution is 6.05. The van der Waals surface area contributed by atoms with Gasteiger partial charge in [0.2, 0.25) is 5.91 Å². The van der Waals surface area contributed by atoms with Gasteiger partial charge in [0, 0.05) is 31.0 Å². The summed E-state index contributed by atoms with van der Waals surface area (Å²) in [7, 11) is 6.48. The standard InChI is InChI=1S/C25H29N3O5/c1-27(25(30)17-5-6-17)15-24(29)28-22(16-7-9-18(31-2)10-8-16)14-21(26-28)20-12-11-19(32-3)13-23(20)33-4/h7-13,17,22H,5-6,14-15H2,1-4H3. The van der Waals surface area contributed by atoms with E-state index in [-0.39, 0.29) is 30.3 Å². The molecule has 0 saturated heterocycles. The number of methoxy groups -OCH3 is 3. The van der Waals surface area contributed by atoms with E-state index in [0.717, 1.165) is 35.4 Å². The van der Waals surface area contributed by atoms with Gasteiger partial charge in [0.25, 0.3) is 5.91 Å². The van der Waals surface area contributed by atoms with Crippen molar-refractivity contribution in [1.82, 2.24) is 9.91 Å². The van der Waals surface area contributed by atoms with Crippen LogP contribution in [0.4, 0.5) is 0 Å². The molecule has 2 amide bonds. The van der Waals surface area contributed by atoms with Crippen LogP contribution in [0.5, 0.6) is 17.2 Å². The molecule has 8 heteroatoms. The van der Waals surface area contributed by atoms with Crippen LogP contribution in [0.3, 0.4) is 0 Å². The SMILES string of the molecule is COc1ccc(C2CC(c3ccc(OC)cc3OC)=NN2C(=O)CN(C)C(=O)C2CC2)cc1. The largest absolute Gasteiger partial charge is 0.497 e. The average Bonchev–Trinajstić information content (AvgIpc) is 3.61. The van der Waals surface area contributed by atoms with E-state index >= 15 is 0 Å². The first-order chi connectivity index (χ1) is 15.9. The van der Waals surface area contributed by atoms with Gasteiger partial charge >= 0.3 is 0 Å². The Morgan fingerprint density at radius 2 is 1.67 bits per heavy atom. The normalized spacial score (nSPS) is 17.4.